The Kier molecular flexibility index (Phi) is 11.4. The van der Waals surface area contributed by atoms with Crippen molar-refractivity contribution in [1.29, 1.82) is 0 Å². The zero-order valence-corrected chi connectivity index (χ0v) is 19.9. The fourth-order valence-corrected chi connectivity index (χ4v) is 3.18. The first-order valence-corrected chi connectivity index (χ1v) is 9.59. The third-order valence-corrected chi connectivity index (χ3v) is 4.66. The maximum Gasteiger partial charge on any atom is 0.145 e. The SMILES string of the molecule is Cc1ccc2cccc(OCCNCc3cncc(-c4ccc(F)cc4)c3)c2n1.Cl.Cl.Cl. The molecule has 4 aromatic rings. The van der Waals surface area contributed by atoms with Crippen LogP contribution < -0.4 is 10.1 Å². The first-order valence-electron chi connectivity index (χ1n) is 9.59. The van der Waals surface area contributed by atoms with Crippen LogP contribution >= 0.6 is 37.2 Å². The van der Waals surface area contributed by atoms with Crippen molar-refractivity contribution in [3.05, 3.63) is 90.1 Å². The number of halogens is 4. The molecule has 0 bridgehead atoms. The molecular weight excluding hydrogens is 472 g/mol. The normalized spacial score (nSPS) is 9.94. The van der Waals surface area contributed by atoms with Gasteiger partial charge in [-0.1, -0.05) is 30.3 Å². The van der Waals surface area contributed by atoms with Crippen LogP contribution in [-0.2, 0) is 6.54 Å². The molecule has 0 aliphatic rings. The van der Waals surface area contributed by atoms with Crippen LogP contribution in [0.5, 0.6) is 5.75 Å². The van der Waals surface area contributed by atoms with E-state index in [0.717, 1.165) is 39.0 Å². The van der Waals surface area contributed by atoms with E-state index in [2.05, 4.69) is 27.4 Å². The molecule has 2 heterocycles. The van der Waals surface area contributed by atoms with Gasteiger partial charge in [-0.3, -0.25) is 4.98 Å². The summed E-state index contributed by atoms with van der Waals surface area (Å²) in [5, 5.41) is 4.45. The molecule has 4 nitrogen and oxygen atoms in total. The van der Waals surface area contributed by atoms with Gasteiger partial charge in [0.25, 0.3) is 0 Å². The Morgan fingerprint density at radius 1 is 0.906 bits per heavy atom. The van der Waals surface area contributed by atoms with Crippen LogP contribution in [0.1, 0.15) is 11.3 Å². The van der Waals surface area contributed by atoms with Crippen LogP contribution in [0.2, 0.25) is 0 Å². The van der Waals surface area contributed by atoms with E-state index in [1.54, 1.807) is 18.3 Å². The van der Waals surface area contributed by atoms with Crippen molar-refractivity contribution in [2.75, 3.05) is 13.2 Å². The van der Waals surface area contributed by atoms with E-state index in [4.69, 9.17) is 4.74 Å². The molecule has 0 saturated carbocycles. The lowest BCUT2D eigenvalue weighted by Crippen LogP contribution is -2.20. The number of nitrogens with one attached hydrogen (secondary N) is 1. The van der Waals surface area contributed by atoms with Gasteiger partial charge in [0, 0.05) is 42.1 Å². The highest BCUT2D eigenvalue weighted by molar-refractivity contribution is 5.86. The maximum absolute atomic E-state index is 13.1. The third kappa shape index (κ3) is 7.04. The minimum absolute atomic E-state index is 0. The second kappa shape index (κ2) is 13.2. The molecule has 0 fully saturated rings. The molecule has 2 aromatic carbocycles. The van der Waals surface area contributed by atoms with Gasteiger partial charge in [-0.15, -0.1) is 37.2 Å². The smallest absolute Gasteiger partial charge is 0.145 e. The predicted octanol–water partition coefficient (Wildman–Crippen LogP) is 6.18. The molecule has 0 radical (unpaired) electrons. The highest BCUT2D eigenvalue weighted by Crippen LogP contribution is 2.24. The van der Waals surface area contributed by atoms with Gasteiger partial charge >= 0.3 is 0 Å². The van der Waals surface area contributed by atoms with E-state index in [-0.39, 0.29) is 43.0 Å². The number of nitrogens with zero attached hydrogens (tertiary/aromatic N) is 2. The number of hydrogen-bond acceptors (Lipinski definition) is 4. The van der Waals surface area contributed by atoms with Crippen LogP contribution in [0.3, 0.4) is 0 Å². The summed E-state index contributed by atoms with van der Waals surface area (Å²) in [7, 11) is 0. The standard InChI is InChI=1S/C24H22FN3O.3ClH/c1-17-5-6-20-3-2-4-23(24(20)28-17)29-12-11-26-14-18-13-21(16-27-15-18)19-7-9-22(25)10-8-19;;;/h2-10,13,15-16,26H,11-12,14H2,1H3;3*1H. The Balaban J connectivity index is 0.00000171. The van der Waals surface area contributed by atoms with Gasteiger partial charge in [-0.05, 0) is 48.4 Å². The molecule has 0 atom stereocenters. The second-order valence-electron chi connectivity index (χ2n) is 6.89. The number of rotatable bonds is 7. The lowest BCUT2D eigenvalue weighted by molar-refractivity contribution is 0.316. The molecule has 1 N–H and O–H groups in total. The molecular formula is C24H25Cl3FN3O. The molecule has 0 amide bonds. The highest BCUT2D eigenvalue weighted by atomic mass is 35.5. The van der Waals surface area contributed by atoms with Crippen LogP contribution in [0, 0.1) is 12.7 Å². The van der Waals surface area contributed by atoms with Crippen LogP contribution in [-0.4, -0.2) is 23.1 Å². The van der Waals surface area contributed by atoms with Crippen molar-refractivity contribution in [3.8, 4) is 16.9 Å². The molecule has 170 valence electrons. The summed E-state index contributed by atoms with van der Waals surface area (Å²) >= 11 is 0. The fraction of sp³-hybridized carbons (Fsp3) is 0.167. The minimum atomic E-state index is -0.240. The molecule has 0 unspecified atom stereocenters. The number of fused-ring (bicyclic) bond motifs is 1. The van der Waals surface area contributed by atoms with E-state index in [0.29, 0.717) is 19.7 Å². The maximum atomic E-state index is 13.1. The lowest BCUT2D eigenvalue weighted by Gasteiger charge is -2.10. The Morgan fingerprint density at radius 3 is 2.47 bits per heavy atom. The Bertz CT molecular complexity index is 1130. The molecule has 32 heavy (non-hydrogen) atoms. The van der Waals surface area contributed by atoms with Gasteiger partial charge in [-0.25, -0.2) is 9.37 Å². The van der Waals surface area contributed by atoms with E-state index in [9.17, 15) is 4.39 Å². The lowest BCUT2D eigenvalue weighted by atomic mass is 10.1. The number of hydrogen-bond donors (Lipinski definition) is 1. The summed E-state index contributed by atoms with van der Waals surface area (Å²) in [6.45, 7) is 3.90. The zero-order chi connectivity index (χ0) is 20.1. The number of benzene rings is 2. The quantitative estimate of drug-likeness (QED) is 0.310. The van der Waals surface area contributed by atoms with Gasteiger partial charge in [0.05, 0.1) is 0 Å². The van der Waals surface area contributed by atoms with Gasteiger partial charge in [0.1, 0.15) is 23.7 Å². The van der Waals surface area contributed by atoms with Gasteiger partial charge < -0.3 is 10.1 Å². The summed E-state index contributed by atoms with van der Waals surface area (Å²) < 4.78 is 19.0. The topological polar surface area (TPSA) is 47.0 Å². The van der Waals surface area contributed by atoms with Crippen molar-refractivity contribution in [2.24, 2.45) is 0 Å². The van der Waals surface area contributed by atoms with Crippen LogP contribution in [0.15, 0.2) is 73.1 Å². The van der Waals surface area contributed by atoms with E-state index >= 15 is 0 Å². The molecule has 4 rings (SSSR count). The zero-order valence-electron chi connectivity index (χ0n) is 17.5. The number of aromatic nitrogens is 2. The summed E-state index contributed by atoms with van der Waals surface area (Å²) in [6, 6.07) is 18.5. The van der Waals surface area contributed by atoms with E-state index in [1.165, 1.54) is 12.1 Å². The van der Waals surface area contributed by atoms with Crippen molar-refractivity contribution >= 4 is 48.1 Å². The number of aryl methyl sites for hydroxylation is 1. The number of pyridine rings is 2. The minimum Gasteiger partial charge on any atom is -0.490 e. The summed E-state index contributed by atoms with van der Waals surface area (Å²) in [5.41, 5.74) is 4.85. The molecule has 0 saturated heterocycles. The first-order chi connectivity index (χ1) is 14.2. The van der Waals surface area contributed by atoms with Gasteiger partial charge in [0.15, 0.2) is 0 Å². The molecule has 0 spiro atoms. The van der Waals surface area contributed by atoms with Gasteiger partial charge in [0.2, 0.25) is 0 Å². The summed E-state index contributed by atoms with van der Waals surface area (Å²) in [4.78, 5) is 8.89. The largest absolute Gasteiger partial charge is 0.490 e. The van der Waals surface area contributed by atoms with Crippen molar-refractivity contribution < 1.29 is 9.13 Å². The first kappa shape index (κ1) is 27.6. The van der Waals surface area contributed by atoms with E-state index < -0.39 is 0 Å². The summed E-state index contributed by atoms with van der Waals surface area (Å²) in [5.74, 6) is 0.559. The van der Waals surface area contributed by atoms with Crippen molar-refractivity contribution in [2.45, 2.75) is 13.5 Å². The number of ether oxygens (including phenoxy) is 1. The van der Waals surface area contributed by atoms with Crippen molar-refractivity contribution in [1.82, 2.24) is 15.3 Å². The fourth-order valence-electron chi connectivity index (χ4n) is 3.18. The molecule has 0 aliphatic heterocycles. The predicted molar refractivity (Wildman–Crippen MR) is 135 cm³/mol. The number of para-hydroxylation sites is 1. The van der Waals surface area contributed by atoms with Gasteiger partial charge in [-0.2, -0.15) is 0 Å². The molecule has 8 heteroatoms. The Hall–Kier alpha value is -2.44. The molecule has 2 aromatic heterocycles. The third-order valence-electron chi connectivity index (χ3n) is 4.66. The highest BCUT2D eigenvalue weighted by Gasteiger charge is 2.04. The van der Waals surface area contributed by atoms with E-state index in [1.807, 2.05) is 37.4 Å². The van der Waals surface area contributed by atoms with Crippen LogP contribution in [0.4, 0.5) is 4.39 Å². The monoisotopic (exact) mass is 495 g/mol. The van der Waals surface area contributed by atoms with Crippen molar-refractivity contribution in [3.63, 3.8) is 0 Å². The Morgan fingerprint density at radius 2 is 1.69 bits per heavy atom. The second-order valence-corrected chi connectivity index (χ2v) is 6.89. The average Bonchev–Trinajstić information content (AvgIpc) is 2.74. The average molecular weight is 497 g/mol. The Labute approximate surface area is 205 Å². The molecule has 0 aliphatic carbocycles. The summed E-state index contributed by atoms with van der Waals surface area (Å²) in [6.07, 6.45) is 3.62. The van der Waals surface area contributed by atoms with Crippen LogP contribution in [0.25, 0.3) is 22.0 Å².